The Morgan fingerprint density at radius 3 is 2.03 bits per heavy atom. The number of fused-ring (bicyclic) bond motifs is 3. The van der Waals surface area contributed by atoms with Gasteiger partial charge in [-0.2, -0.15) is 0 Å². The minimum atomic E-state index is -0.999. The summed E-state index contributed by atoms with van der Waals surface area (Å²) in [5, 5.41) is 14.7. The standard InChI is InChI=1S/C28H26N2O5/c31-25(32)19-12-10-18(11-13-19)16-29-26(33)28(14-5-15-28)30-27(34)35-17-24-22-8-3-1-6-20(22)21-7-2-4-9-23(21)24/h1-4,6-13,24H,5,14-17H2,(H,29,33)(H,30,34)(H,31,32). The lowest BCUT2D eigenvalue weighted by Gasteiger charge is -2.40. The van der Waals surface area contributed by atoms with Crippen molar-refractivity contribution in [3.63, 3.8) is 0 Å². The summed E-state index contributed by atoms with van der Waals surface area (Å²) in [6.07, 6.45) is 1.32. The molecule has 2 amide bonds. The van der Waals surface area contributed by atoms with Crippen LogP contribution in [-0.2, 0) is 16.1 Å². The molecule has 0 saturated heterocycles. The van der Waals surface area contributed by atoms with Crippen molar-refractivity contribution in [2.75, 3.05) is 6.61 Å². The summed E-state index contributed by atoms with van der Waals surface area (Å²) < 4.78 is 5.63. The van der Waals surface area contributed by atoms with E-state index in [9.17, 15) is 14.4 Å². The van der Waals surface area contributed by atoms with E-state index in [1.165, 1.54) is 12.1 Å². The number of aromatic carboxylic acids is 1. The number of carbonyl (C=O) groups is 3. The van der Waals surface area contributed by atoms with Crippen LogP contribution >= 0.6 is 0 Å². The predicted molar refractivity (Wildman–Crippen MR) is 130 cm³/mol. The minimum Gasteiger partial charge on any atom is -0.478 e. The van der Waals surface area contributed by atoms with Crippen molar-refractivity contribution in [1.82, 2.24) is 10.6 Å². The maximum atomic E-state index is 12.9. The van der Waals surface area contributed by atoms with E-state index in [2.05, 4.69) is 34.9 Å². The molecular formula is C28H26N2O5. The topological polar surface area (TPSA) is 105 Å². The number of benzene rings is 3. The number of rotatable bonds is 7. The van der Waals surface area contributed by atoms with Crippen LogP contribution in [0.4, 0.5) is 4.79 Å². The Morgan fingerprint density at radius 1 is 0.886 bits per heavy atom. The van der Waals surface area contributed by atoms with Crippen molar-refractivity contribution < 1.29 is 24.2 Å². The molecule has 3 N–H and O–H groups in total. The molecule has 3 aromatic rings. The molecule has 0 heterocycles. The maximum Gasteiger partial charge on any atom is 0.408 e. The van der Waals surface area contributed by atoms with Gasteiger partial charge in [0.25, 0.3) is 0 Å². The van der Waals surface area contributed by atoms with Crippen molar-refractivity contribution in [3.8, 4) is 11.1 Å². The molecule has 3 aromatic carbocycles. The Kier molecular flexibility index (Phi) is 5.99. The van der Waals surface area contributed by atoms with Gasteiger partial charge in [-0.15, -0.1) is 0 Å². The number of ether oxygens (including phenoxy) is 1. The molecule has 1 saturated carbocycles. The lowest BCUT2D eigenvalue weighted by atomic mass is 9.76. The van der Waals surface area contributed by atoms with Gasteiger partial charge in [0, 0.05) is 12.5 Å². The van der Waals surface area contributed by atoms with Crippen LogP contribution in [0.2, 0.25) is 0 Å². The molecule has 2 aliphatic rings. The van der Waals surface area contributed by atoms with Gasteiger partial charge in [0.05, 0.1) is 5.56 Å². The molecule has 5 rings (SSSR count). The highest BCUT2D eigenvalue weighted by Gasteiger charge is 2.46. The van der Waals surface area contributed by atoms with E-state index >= 15 is 0 Å². The average molecular weight is 471 g/mol. The van der Waals surface area contributed by atoms with E-state index in [1.807, 2.05) is 24.3 Å². The number of carbonyl (C=O) groups excluding carboxylic acids is 2. The molecule has 1 fully saturated rings. The highest BCUT2D eigenvalue weighted by Crippen LogP contribution is 2.44. The van der Waals surface area contributed by atoms with Gasteiger partial charge in [0.2, 0.25) is 5.91 Å². The molecule has 0 unspecified atom stereocenters. The Morgan fingerprint density at radius 2 is 1.49 bits per heavy atom. The third-order valence-corrected chi connectivity index (χ3v) is 6.98. The summed E-state index contributed by atoms with van der Waals surface area (Å²) in [4.78, 5) is 36.7. The second kappa shape index (κ2) is 9.25. The Balaban J connectivity index is 1.20. The van der Waals surface area contributed by atoms with Crippen molar-refractivity contribution in [2.45, 2.75) is 37.3 Å². The Labute approximate surface area is 203 Å². The van der Waals surface area contributed by atoms with Crippen molar-refractivity contribution in [3.05, 3.63) is 95.1 Å². The number of hydrogen-bond acceptors (Lipinski definition) is 4. The third kappa shape index (κ3) is 4.37. The first kappa shape index (κ1) is 22.7. The van der Waals surface area contributed by atoms with Crippen LogP contribution in [0.3, 0.4) is 0 Å². The van der Waals surface area contributed by atoms with Crippen LogP contribution in [0.5, 0.6) is 0 Å². The van der Waals surface area contributed by atoms with Gasteiger partial charge >= 0.3 is 12.1 Å². The molecule has 7 nitrogen and oxygen atoms in total. The maximum absolute atomic E-state index is 12.9. The number of nitrogens with one attached hydrogen (secondary N) is 2. The smallest absolute Gasteiger partial charge is 0.408 e. The van der Waals surface area contributed by atoms with Crippen LogP contribution < -0.4 is 10.6 Å². The predicted octanol–water partition coefficient (Wildman–Crippen LogP) is 4.46. The summed E-state index contributed by atoms with van der Waals surface area (Å²) >= 11 is 0. The second-order valence-electron chi connectivity index (χ2n) is 9.07. The molecule has 0 bridgehead atoms. The van der Waals surface area contributed by atoms with Crippen molar-refractivity contribution >= 4 is 18.0 Å². The Bertz CT molecular complexity index is 1240. The van der Waals surface area contributed by atoms with E-state index < -0.39 is 17.6 Å². The summed E-state index contributed by atoms with van der Waals surface area (Å²) in [6, 6.07) is 22.6. The molecule has 7 heteroatoms. The summed E-state index contributed by atoms with van der Waals surface area (Å²) in [5.74, 6) is -1.31. The fraction of sp³-hybridized carbons (Fsp3) is 0.250. The summed E-state index contributed by atoms with van der Waals surface area (Å²) in [7, 11) is 0. The fourth-order valence-corrected chi connectivity index (χ4v) is 4.89. The number of carboxylic acids is 1. The van der Waals surface area contributed by atoms with E-state index in [0.29, 0.717) is 12.8 Å². The second-order valence-corrected chi connectivity index (χ2v) is 9.07. The van der Waals surface area contributed by atoms with Gasteiger partial charge in [-0.25, -0.2) is 9.59 Å². The summed E-state index contributed by atoms with van der Waals surface area (Å²) in [5.41, 5.74) is 4.56. The SMILES string of the molecule is O=C(NC1(C(=O)NCc2ccc(C(=O)O)cc2)CCC1)OCC1c2ccccc2-c2ccccc21. The highest BCUT2D eigenvalue weighted by molar-refractivity contribution is 5.91. The van der Waals surface area contributed by atoms with Crippen LogP contribution in [0.15, 0.2) is 72.8 Å². The van der Waals surface area contributed by atoms with Crippen LogP contribution in [0.25, 0.3) is 11.1 Å². The van der Waals surface area contributed by atoms with Gasteiger partial charge in [0.15, 0.2) is 0 Å². The number of alkyl carbamates (subject to hydrolysis) is 1. The number of amides is 2. The van der Waals surface area contributed by atoms with Crippen molar-refractivity contribution in [1.29, 1.82) is 0 Å². The van der Waals surface area contributed by atoms with Gasteiger partial charge in [-0.1, -0.05) is 60.7 Å². The zero-order valence-corrected chi connectivity index (χ0v) is 19.1. The zero-order chi connectivity index (χ0) is 24.4. The first-order valence-corrected chi connectivity index (χ1v) is 11.7. The largest absolute Gasteiger partial charge is 0.478 e. The Hall–Kier alpha value is -4.13. The van der Waals surface area contributed by atoms with Crippen molar-refractivity contribution in [2.24, 2.45) is 0 Å². The minimum absolute atomic E-state index is 0.0481. The number of carboxylic acid groups (broad SMARTS) is 1. The van der Waals surface area contributed by atoms with Crippen LogP contribution in [0.1, 0.15) is 52.2 Å². The summed E-state index contributed by atoms with van der Waals surface area (Å²) in [6.45, 7) is 0.431. The van der Waals surface area contributed by atoms with E-state index in [0.717, 1.165) is 34.2 Å². The quantitative estimate of drug-likeness (QED) is 0.473. The van der Waals surface area contributed by atoms with Gasteiger partial charge in [-0.05, 0) is 59.2 Å². The lowest BCUT2D eigenvalue weighted by Crippen LogP contribution is -2.62. The molecule has 178 valence electrons. The molecule has 0 aliphatic heterocycles. The highest BCUT2D eigenvalue weighted by atomic mass is 16.5. The van der Waals surface area contributed by atoms with E-state index in [4.69, 9.17) is 9.84 Å². The van der Waals surface area contributed by atoms with Crippen LogP contribution in [-0.4, -0.2) is 35.2 Å². The van der Waals surface area contributed by atoms with E-state index in [-0.39, 0.29) is 30.5 Å². The van der Waals surface area contributed by atoms with Gasteiger partial charge in [-0.3, -0.25) is 4.79 Å². The number of hydrogen-bond donors (Lipinski definition) is 3. The average Bonchev–Trinajstić information content (AvgIpc) is 3.17. The molecule has 0 aromatic heterocycles. The van der Waals surface area contributed by atoms with Crippen LogP contribution in [0, 0.1) is 0 Å². The fourth-order valence-electron chi connectivity index (χ4n) is 4.89. The normalized spacial score (nSPS) is 15.3. The first-order valence-electron chi connectivity index (χ1n) is 11.7. The molecule has 0 atom stereocenters. The van der Waals surface area contributed by atoms with Gasteiger partial charge < -0.3 is 20.5 Å². The van der Waals surface area contributed by atoms with E-state index in [1.54, 1.807) is 12.1 Å². The monoisotopic (exact) mass is 470 g/mol. The van der Waals surface area contributed by atoms with Gasteiger partial charge in [0.1, 0.15) is 12.1 Å². The zero-order valence-electron chi connectivity index (χ0n) is 19.1. The molecule has 2 aliphatic carbocycles. The third-order valence-electron chi connectivity index (χ3n) is 6.98. The molecule has 0 spiro atoms. The lowest BCUT2D eigenvalue weighted by molar-refractivity contribution is -0.131. The first-order chi connectivity index (χ1) is 17.0. The molecule has 0 radical (unpaired) electrons. The molecular weight excluding hydrogens is 444 g/mol. The molecule has 35 heavy (non-hydrogen) atoms.